The van der Waals surface area contributed by atoms with Crippen molar-refractivity contribution in [3.05, 3.63) is 71.1 Å². The minimum absolute atomic E-state index is 0.00742. The summed E-state index contributed by atoms with van der Waals surface area (Å²) in [4.78, 5) is 37.9. The number of carbonyl (C=O) groups excluding carboxylic acids is 2. The number of aromatic nitrogens is 2. The van der Waals surface area contributed by atoms with E-state index in [2.05, 4.69) is 37.2 Å². The smallest absolute Gasteiger partial charge is 0.219 e. The number of carbonyl (C=O) groups is 2. The van der Waals surface area contributed by atoms with Gasteiger partial charge in [0.15, 0.2) is 17.9 Å². The molecule has 6 rings (SSSR count). The second-order valence-corrected chi connectivity index (χ2v) is 12.2. The molecule has 1 amide bonds. The van der Waals surface area contributed by atoms with Crippen LogP contribution in [0.4, 0.5) is 5.82 Å². The number of fused-ring (bicyclic) bond motifs is 3. The molecular formula is C33H41N5O5. The fourth-order valence-corrected chi connectivity index (χ4v) is 6.98. The average molecular weight is 588 g/mol. The Morgan fingerprint density at radius 1 is 1.14 bits per heavy atom. The van der Waals surface area contributed by atoms with Crippen molar-refractivity contribution in [3.8, 4) is 5.75 Å². The summed E-state index contributed by atoms with van der Waals surface area (Å²) >= 11 is 0. The number of nitrogens with one attached hydrogen (secondary N) is 1. The summed E-state index contributed by atoms with van der Waals surface area (Å²) in [6.07, 6.45) is 8.00. The van der Waals surface area contributed by atoms with Crippen LogP contribution in [0.25, 0.3) is 0 Å². The molecule has 2 saturated heterocycles. The number of benzene rings is 1. The number of ketones is 1. The van der Waals surface area contributed by atoms with Crippen molar-refractivity contribution in [1.29, 1.82) is 0 Å². The van der Waals surface area contributed by atoms with Gasteiger partial charge in [0.1, 0.15) is 18.2 Å². The van der Waals surface area contributed by atoms with Crippen molar-refractivity contribution in [2.45, 2.75) is 96.2 Å². The molecule has 2 bridgehead atoms. The van der Waals surface area contributed by atoms with Crippen LogP contribution in [0.2, 0.25) is 0 Å². The number of aliphatic hydroxyl groups is 1. The highest BCUT2D eigenvalue weighted by atomic mass is 16.5. The molecule has 3 aliphatic rings. The van der Waals surface area contributed by atoms with Crippen molar-refractivity contribution >= 4 is 17.5 Å². The van der Waals surface area contributed by atoms with Crippen molar-refractivity contribution in [2.24, 2.45) is 0 Å². The Hall–Kier alpha value is -3.76. The third-order valence-corrected chi connectivity index (χ3v) is 9.19. The largest absolute Gasteiger partial charge is 0.486 e. The van der Waals surface area contributed by atoms with Gasteiger partial charge in [0.05, 0.1) is 11.8 Å². The predicted octanol–water partition coefficient (Wildman–Crippen LogP) is 4.29. The molecule has 43 heavy (non-hydrogen) atoms. The van der Waals surface area contributed by atoms with Crippen LogP contribution < -0.4 is 10.1 Å². The lowest BCUT2D eigenvalue weighted by molar-refractivity contribution is -0.133. The Labute approximate surface area is 252 Å². The molecule has 0 spiro atoms. The standard InChI is InChI=1S/C33H41N5O5/c1-21-32(43-20-35-21)19-42-30-7-3-25-17-37(12-10-23(25)13-30)18-29(40)6-8-31(41)24-9-11-34-33(14-24)36-26-15-27-4-5-28(16-26)38(27)22(2)39/h3,7,9,11,13-14,20,26-29,40H,4-6,8,10,12,15-19H2,1-2H3,(H,34,36)/t26?,27-,28+,29-/m0/s1. The highest BCUT2D eigenvalue weighted by Gasteiger charge is 2.42. The minimum atomic E-state index is -0.584. The highest BCUT2D eigenvalue weighted by Crippen LogP contribution is 2.36. The summed E-state index contributed by atoms with van der Waals surface area (Å²) in [5, 5.41) is 14.3. The van der Waals surface area contributed by atoms with Gasteiger partial charge in [-0.3, -0.25) is 14.5 Å². The summed E-state index contributed by atoms with van der Waals surface area (Å²) in [5.41, 5.74) is 3.93. The molecule has 3 aliphatic heterocycles. The maximum atomic E-state index is 13.0. The fourth-order valence-electron chi connectivity index (χ4n) is 6.98. The summed E-state index contributed by atoms with van der Waals surface area (Å²) in [6, 6.07) is 10.5. The monoisotopic (exact) mass is 587 g/mol. The van der Waals surface area contributed by atoms with Crippen LogP contribution in [0.1, 0.15) is 78.4 Å². The second-order valence-electron chi connectivity index (χ2n) is 12.2. The third-order valence-electron chi connectivity index (χ3n) is 9.19. The van der Waals surface area contributed by atoms with Crippen molar-refractivity contribution in [1.82, 2.24) is 19.8 Å². The first-order chi connectivity index (χ1) is 20.8. The third kappa shape index (κ3) is 6.91. The van der Waals surface area contributed by atoms with Gasteiger partial charge in [0.2, 0.25) is 5.91 Å². The topological polar surface area (TPSA) is 121 Å². The normalized spacial score (nSPS) is 22.2. The molecule has 0 saturated carbocycles. The maximum Gasteiger partial charge on any atom is 0.219 e. The number of piperidine rings is 1. The molecule has 10 nitrogen and oxygen atoms in total. The Morgan fingerprint density at radius 3 is 2.70 bits per heavy atom. The number of pyridine rings is 1. The Balaban J connectivity index is 0.953. The Kier molecular flexibility index (Phi) is 8.76. The van der Waals surface area contributed by atoms with Crippen LogP contribution in [0.3, 0.4) is 0 Å². The molecular weight excluding hydrogens is 546 g/mol. The van der Waals surface area contributed by atoms with Gasteiger partial charge in [-0.2, -0.15) is 0 Å². The molecule has 10 heteroatoms. The SMILES string of the molecule is CC(=O)N1[C@@H]2CC[C@H]1CC(Nc1cc(C(=O)CC[C@H](O)CN3CCc4cc(OCc5ocnc5C)ccc4C3)ccn1)C2. The molecule has 228 valence electrons. The summed E-state index contributed by atoms with van der Waals surface area (Å²) in [7, 11) is 0. The molecule has 1 aromatic carbocycles. The summed E-state index contributed by atoms with van der Waals surface area (Å²) in [6.45, 7) is 6.03. The summed E-state index contributed by atoms with van der Waals surface area (Å²) < 4.78 is 11.3. The number of aryl methyl sites for hydroxylation is 1. The quantitative estimate of drug-likeness (QED) is 0.317. The predicted molar refractivity (Wildman–Crippen MR) is 161 cm³/mol. The van der Waals surface area contributed by atoms with E-state index in [9.17, 15) is 14.7 Å². The van der Waals surface area contributed by atoms with Crippen LogP contribution in [-0.2, 0) is 24.4 Å². The molecule has 0 aliphatic carbocycles. The number of anilines is 1. The maximum absolute atomic E-state index is 13.0. The first kappa shape index (κ1) is 29.3. The molecule has 2 fully saturated rings. The molecule has 3 aromatic rings. The van der Waals surface area contributed by atoms with E-state index in [0.29, 0.717) is 43.0 Å². The summed E-state index contributed by atoms with van der Waals surface area (Å²) in [5.74, 6) is 2.40. The Bertz CT molecular complexity index is 1440. The van der Waals surface area contributed by atoms with E-state index in [0.717, 1.165) is 62.4 Å². The van der Waals surface area contributed by atoms with E-state index in [1.807, 2.05) is 19.1 Å². The van der Waals surface area contributed by atoms with Crippen LogP contribution in [0, 0.1) is 6.92 Å². The lowest BCUT2D eigenvalue weighted by atomic mass is 9.97. The van der Waals surface area contributed by atoms with Gasteiger partial charge in [-0.15, -0.1) is 0 Å². The number of nitrogens with zero attached hydrogens (tertiary/aromatic N) is 4. The van der Waals surface area contributed by atoms with E-state index in [1.165, 1.54) is 17.5 Å². The van der Waals surface area contributed by atoms with Gasteiger partial charge >= 0.3 is 0 Å². The van der Waals surface area contributed by atoms with E-state index in [1.54, 1.807) is 19.2 Å². The van der Waals surface area contributed by atoms with Gasteiger partial charge in [-0.1, -0.05) is 6.07 Å². The first-order valence-electron chi connectivity index (χ1n) is 15.4. The number of oxazole rings is 1. The fraction of sp³-hybridized carbons (Fsp3) is 0.515. The molecule has 2 N–H and O–H groups in total. The molecule has 4 atom stereocenters. The van der Waals surface area contributed by atoms with Crippen LogP contribution in [-0.4, -0.2) is 73.9 Å². The zero-order valence-electron chi connectivity index (χ0n) is 25.0. The van der Waals surface area contributed by atoms with Crippen LogP contribution >= 0.6 is 0 Å². The Morgan fingerprint density at radius 2 is 1.95 bits per heavy atom. The lowest BCUT2D eigenvalue weighted by Gasteiger charge is -2.38. The molecule has 1 unspecified atom stereocenters. The number of β-amino-alcohol motifs (C(OH)–C–C–N with tert-alkyl or cyclic N) is 1. The number of amides is 1. The van der Waals surface area contributed by atoms with Crippen molar-refractivity contribution in [2.75, 3.05) is 18.4 Å². The molecule has 5 heterocycles. The van der Waals surface area contributed by atoms with Gasteiger partial charge < -0.3 is 24.5 Å². The van der Waals surface area contributed by atoms with E-state index >= 15 is 0 Å². The number of rotatable bonds is 11. The van der Waals surface area contributed by atoms with Gasteiger partial charge in [0, 0.05) is 62.9 Å². The minimum Gasteiger partial charge on any atom is -0.486 e. The number of Topliss-reactive ketones (excluding diaryl/α,β-unsaturated/α-hetero) is 1. The van der Waals surface area contributed by atoms with Gasteiger partial charge in [-0.05, 0) is 80.8 Å². The zero-order chi connectivity index (χ0) is 29.9. The van der Waals surface area contributed by atoms with Crippen LogP contribution in [0.5, 0.6) is 5.75 Å². The number of hydrogen-bond donors (Lipinski definition) is 2. The van der Waals surface area contributed by atoms with Crippen molar-refractivity contribution in [3.63, 3.8) is 0 Å². The van der Waals surface area contributed by atoms with Gasteiger partial charge in [-0.25, -0.2) is 9.97 Å². The first-order valence-corrected chi connectivity index (χ1v) is 15.4. The number of hydrogen-bond acceptors (Lipinski definition) is 9. The van der Waals surface area contributed by atoms with Crippen molar-refractivity contribution < 1.29 is 23.8 Å². The molecule has 0 radical (unpaired) electrons. The van der Waals surface area contributed by atoms with E-state index in [4.69, 9.17) is 9.15 Å². The average Bonchev–Trinajstić information content (AvgIpc) is 3.54. The number of ether oxygens (including phenoxy) is 1. The lowest BCUT2D eigenvalue weighted by Crippen LogP contribution is -2.48. The molecule has 2 aromatic heterocycles. The van der Waals surface area contributed by atoms with E-state index < -0.39 is 6.10 Å². The van der Waals surface area contributed by atoms with E-state index in [-0.39, 0.29) is 24.2 Å². The van der Waals surface area contributed by atoms with Gasteiger partial charge in [0.25, 0.3) is 0 Å². The van der Waals surface area contributed by atoms with Crippen LogP contribution in [0.15, 0.2) is 47.3 Å². The number of aliphatic hydroxyl groups excluding tert-OH is 1. The zero-order valence-corrected chi connectivity index (χ0v) is 25.0. The highest BCUT2D eigenvalue weighted by molar-refractivity contribution is 5.96. The second kappa shape index (κ2) is 12.9.